The highest BCUT2D eigenvalue weighted by Gasteiger charge is 2.28. The van der Waals surface area contributed by atoms with Crippen molar-refractivity contribution in [1.29, 1.82) is 0 Å². The summed E-state index contributed by atoms with van der Waals surface area (Å²) in [5, 5.41) is 0. The third-order valence-electron chi connectivity index (χ3n) is 4.34. The largest absolute Gasteiger partial charge is 0.491 e. The van der Waals surface area contributed by atoms with Crippen LogP contribution in [0.25, 0.3) is 0 Å². The molecule has 3 N–H and O–H groups in total. The first kappa shape index (κ1) is 18.2. The van der Waals surface area contributed by atoms with Gasteiger partial charge in [-0.3, -0.25) is 0 Å². The lowest BCUT2D eigenvalue weighted by Gasteiger charge is -2.31. The second-order valence-electron chi connectivity index (χ2n) is 6.60. The van der Waals surface area contributed by atoms with Gasteiger partial charge >= 0.3 is 0 Å². The fraction of sp³-hybridized carbons (Fsp3) is 0.647. The SMILES string of the molecule is Cc1cc(S(=O)(=O)NC2CCCCC2CN)ccc1OC(C)C. The van der Waals surface area contributed by atoms with E-state index < -0.39 is 10.0 Å². The number of hydrogen-bond acceptors (Lipinski definition) is 4. The van der Waals surface area contributed by atoms with E-state index >= 15 is 0 Å². The average Bonchev–Trinajstić information content (AvgIpc) is 2.49. The molecule has 0 amide bonds. The first-order chi connectivity index (χ1) is 10.8. The third-order valence-corrected chi connectivity index (χ3v) is 5.83. The molecule has 5 nitrogen and oxygen atoms in total. The Morgan fingerprint density at radius 2 is 2.00 bits per heavy atom. The Hall–Kier alpha value is -1.11. The topological polar surface area (TPSA) is 81.4 Å². The zero-order chi connectivity index (χ0) is 17.0. The van der Waals surface area contributed by atoms with Crippen molar-refractivity contribution in [3.63, 3.8) is 0 Å². The molecule has 1 aliphatic carbocycles. The molecule has 0 bridgehead atoms. The Morgan fingerprint density at radius 1 is 1.30 bits per heavy atom. The van der Waals surface area contributed by atoms with Gasteiger partial charge in [0.25, 0.3) is 0 Å². The summed E-state index contributed by atoms with van der Waals surface area (Å²) in [6.45, 7) is 6.27. The van der Waals surface area contributed by atoms with Crippen molar-refractivity contribution in [2.75, 3.05) is 6.54 Å². The van der Waals surface area contributed by atoms with Gasteiger partial charge in [0, 0.05) is 6.04 Å². The van der Waals surface area contributed by atoms with Crippen LogP contribution in [0.5, 0.6) is 5.75 Å². The molecule has 0 spiro atoms. The first-order valence-electron chi connectivity index (χ1n) is 8.33. The molecule has 1 fully saturated rings. The van der Waals surface area contributed by atoms with E-state index in [0.29, 0.717) is 6.54 Å². The highest BCUT2D eigenvalue weighted by Crippen LogP contribution is 2.27. The summed E-state index contributed by atoms with van der Waals surface area (Å²) >= 11 is 0. The van der Waals surface area contributed by atoms with Crippen molar-refractivity contribution in [3.8, 4) is 5.75 Å². The molecule has 2 atom stereocenters. The van der Waals surface area contributed by atoms with E-state index in [1.54, 1.807) is 18.2 Å². The van der Waals surface area contributed by atoms with Crippen LogP contribution < -0.4 is 15.2 Å². The number of hydrogen-bond donors (Lipinski definition) is 2. The minimum Gasteiger partial charge on any atom is -0.491 e. The lowest BCUT2D eigenvalue weighted by molar-refractivity contribution is 0.240. The van der Waals surface area contributed by atoms with E-state index in [2.05, 4.69) is 4.72 Å². The van der Waals surface area contributed by atoms with Crippen molar-refractivity contribution >= 4 is 10.0 Å². The molecule has 1 aromatic rings. The average molecular weight is 340 g/mol. The highest BCUT2D eigenvalue weighted by atomic mass is 32.2. The van der Waals surface area contributed by atoms with Crippen LogP contribution in [0.15, 0.2) is 23.1 Å². The van der Waals surface area contributed by atoms with Gasteiger partial charge in [-0.1, -0.05) is 12.8 Å². The number of nitrogens with one attached hydrogen (secondary N) is 1. The zero-order valence-corrected chi connectivity index (χ0v) is 15.0. The van der Waals surface area contributed by atoms with E-state index in [4.69, 9.17) is 10.5 Å². The van der Waals surface area contributed by atoms with Crippen LogP contribution in [0.4, 0.5) is 0 Å². The summed E-state index contributed by atoms with van der Waals surface area (Å²) in [7, 11) is -3.53. The second kappa shape index (κ2) is 7.64. The first-order valence-corrected chi connectivity index (χ1v) is 9.81. The van der Waals surface area contributed by atoms with Gasteiger partial charge in [-0.15, -0.1) is 0 Å². The molecule has 2 rings (SSSR count). The molecular weight excluding hydrogens is 312 g/mol. The van der Waals surface area contributed by atoms with E-state index in [1.165, 1.54) is 0 Å². The normalized spacial score (nSPS) is 22.3. The molecule has 1 aromatic carbocycles. The molecule has 0 heterocycles. The molecule has 0 saturated heterocycles. The van der Waals surface area contributed by atoms with Gasteiger partial charge in [-0.2, -0.15) is 0 Å². The van der Waals surface area contributed by atoms with Crippen molar-refractivity contribution in [3.05, 3.63) is 23.8 Å². The van der Waals surface area contributed by atoms with Crippen LogP contribution in [0.3, 0.4) is 0 Å². The lowest BCUT2D eigenvalue weighted by Crippen LogP contribution is -2.44. The Labute approximate surface area is 139 Å². The molecule has 23 heavy (non-hydrogen) atoms. The van der Waals surface area contributed by atoms with Crippen LogP contribution in [-0.2, 0) is 10.0 Å². The smallest absolute Gasteiger partial charge is 0.240 e. The number of rotatable bonds is 6. The van der Waals surface area contributed by atoms with Gasteiger partial charge in [0.05, 0.1) is 11.0 Å². The molecule has 0 aromatic heterocycles. The molecule has 0 radical (unpaired) electrons. The summed E-state index contributed by atoms with van der Waals surface area (Å²) in [6, 6.07) is 4.93. The van der Waals surface area contributed by atoms with Gasteiger partial charge in [0.2, 0.25) is 10.0 Å². The van der Waals surface area contributed by atoms with Crippen molar-refractivity contribution in [1.82, 2.24) is 4.72 Å². The highest BCUT2D eigenvalue weighted by molar-refractivity contribution is 7.89. The summed E-state index contributed by atoms with van der Waals surface area (Å²) in [4.78, 5) is 0.285. The minimum absolute atomic E-state index is 0.0573. The Morgan fingerprint density at radius 3 is 2.61 bits per heavy atom. The van der Waals surface area contributed by atoms with Crippen LogP contribution in [0.1, 0.15) is 45.1 Å². The summed E-state index contributed by atoms with van der Waals surface area (Å²) in [5.74, 6) is 0.944. The van der Waals surface area contributed by atoms with Crippen LogP contribution in [-0.4, -0.2) is 27.1 Å². The minimum atomic E-state index is -3.53. The maximum Gasteiger partial charge on any atom is 0.240 e. The predicted molar refractivity (Wildman–Crippen MR) is 92.1 cm³/mol. The molecule has 1 saturated carbocycles. The molecule has 130 valence electrons. The van der Waals surface area contributed by atoms with E-state index in [-0.39, 0.29) is 23.0 Å². The fourth-order valence-corrected chi connectivity index (χ4v) is 4.51. The zero-order valence-electron chi connectivity index (χ0n) is 14.2. The fourth-order valence-electron chi connectivity index (χ4n) is 3.09. The van der Waals surface area contributed by atoms with Gasteiger partial charge in [0.1, 0.15) is 5.75 Å². The maximum absolute atomic E-state index is 12.7. The third kappa shape index (κ3) is 4.68. The van der Waals surface area contributed by atoms with E-state index in [1.807, 2.05) is 20.8 Å². The standard InChI is InChI=1S/C17H28N2O3S/c1-12(2)22-17-9-8-15(10-13(17)3)23(20,21)19-16-7-5-4-6-14(16)11-18/h8-10,12,14,16,19H,4-7,11,18H2,1-3H3. The van der Waals surface area contributed by atoms with Gasteiger partial charge in [0.15, 0.2) is 0 Å². The Kier molecular flexibility index (Phi) is 6.06. The monoisotopic (exact) mass is 340 g/mol. The van der Waals surface area contributed by atoms with E-state index in [0.717, 1.165) is 37.0 Å². The quantitative estimate of drug-likeness (QED) is 0.834. The predicted octanol–water partition coefficient (Wildman–Crippen LogP) is 2.58. The van der Waals surface area contributed by atoms with Crippen molar-refractivity contribution < 1.29 is 13.2 Å². The van der Waals surface area contributed by atoms with Crippen LogP contribution >= 0.6 is 0 Å². The molecule has 1 aliphatic rings. The van der Waals surface area contributed by atoms with Gasteiger partial charge < -0.3 is 10.5 Å². The van der Waals surface area contributed by atoms with Crippen LogP contribution in [0, 0.1) is 12.8 Å². The number of benzene rings is 1. The number of aryl methyl sites for hydroxylation is 1. The second-order valence-corrected chi connectivity index (χ2v) is 8.32. The molecule has 6 heteroatoms. The molecule has 2 unspecified atom stereocenters. The van der Waals surface area contributed by atoms with Crippen molar-refractivity contribution in [2.24, 2.45) is 11.7 Å². The van der Waals surface area contributed by atoms with E-state index in [9.17, 15) is 8.42 Å². The maximum atomic E-state index is 12.7. The molecule has 0 aliphatic heterocycles. The van der Waals surface area contributed by atoms with Gasteiger partial charge in [-0.25, -0.2) is 13.1 Å². The van der Waals surface area contributed by atoms with Crippen molar-refractivity contribution in [2.45, 2.75) is 63.5 Å². The molecular formula is C17H28N2O3S. The number of nitrogens with two attached hydrogens (primary N) is 1. The summed E-state index contributed by atoms with van der Waals surface area (Å²) < 4.78 is 33.8. The lowest BCUT2D eigenvalue weighted by atomic mass is 9.85. The Bertz CT molecular complexity index is 629. The van der Waals surface area contributed by atoms with Crippen LogP contribution in [0.2, 0.25) is 0 Å². The summed E-state index contributed by atoms with van der Waals surface area (Å²) in [5.41, 5.74) is 6.61. The Balaban J connectivity index is 2.17. The number of ether oxygens (including phenoxy) is 1. The summed E-state index contributed by atoms with van der Waals surface area (Å²) in [6.07, 6.45) is 4.07. The number of sulfonamides is 1. The van der Waals surface area contributed by atoms with Gasteiger partial charge in [-0.05, 0) is 69.8 Å².